The molecule has 0 aliphatic carbocycles. The van der Waals surface area contributed by atoms with Gasteiger partial charge in [0.25, 0.3) is 0 Å². The Balaban J connectivity index is 2.18. The van der Waals surface area contributed by atoms with E-state index >= 15 is 0 Å². The maximum absolute atomic E-state index is 5.91. The molecule has 0 fully saturated rings. The van der Waals surface area contributed by atoms with Gasteiger partial charge in [-0.25, -0.2) is 15.0 Å². The van der Waals surface area contributed by atoms with Gasteiger partial charge in [0.15, 0.2) is 17.5 Å². The van der Waals surface area contributed by atoms with E-state index in [0.29, 0.717) is 51.8 Å². The molecule has 0 bridgehead atoms. The lowest BCUT2D eigenvalue weighted by molar-refractivity contribution is 0.387. The third kappa shape index (κ3) is 5.04. The number of methoxy groups -OCH3 is 6. The number of hydrogen-bond donors (Lipinski definition) is 0. The first-order valence-corrected chi connectivity index (χ1v) is 13.5. The van der Waals surface area contributed by atoms with Gasteiger partial charge in [0.2, 0.25) is 0 Å². The van der Waals surface area contributed by atoms with Gasteiger partial charge in [-0.1, -0.05) is 0 Å². The number of hydrogen-bond acceptors (Lipinski definition) is 9. The maximum atomic E-state index is 5.91. The van der Waals surface area contributed by atoms with Gasteiger partial charge in [-0.3, -0.25) is 0 Å². The maximum Gasteiger partial charge on any atom is 0.168 e. The van der Waals surface area contributed by atoms with Crippen molar-refractivity contribution in [3.63, 3.8) is 0 Å². The van der Waals surface area contributed by atoms with Crippen LogP contribution < -0.4 is 28.4 Å². The van der Waals surface area contributed by atoms with Gasteiger partial charge in [-0.15, -0.1) is 0 Å². The Kier molecular flexibility index (Phi) is 8.80. The second-order valence-electron chi connectivity index (χ2n) is 10.1. The van der Waals surface area contributed by atoms with Gasteiger partial charge in [0.1, 0.15) is 34.5 Å². The number of aromatic nitrogens is 3. The van der Waals surface area contributed by atoms with Crippen LogP contribution in [0.1, 0.15) is 33.4 Å². The van der Waals surface area contributed by atoms with Crippen LogP contribution >= 0.6 is 0 Å². The Morgan fingerprint density at radius 1 is 0.405 bits per heavy atom. The molecule has 3 aromatic carbocycles. The van der Waals surface area contributed by atoms with Crippen LogP contribution in [-0.2, 0) is 0 Å². The molecule has 0 aliphatic rings. The molecule has 1 heterocycles. The van der Waals surface area contributed by atoms with E-state index in [0.717, 1.165) is 50.3 Å². The van der Waals surface area contributed by atoms with Crippen LogP contribution in [0.25, 0.3) is 34.2 Å². The SMILES string of the molecule is COc1cc(C)c(-c2nc(-c3cc(C)c(OC)c(C)c3OC)nc(-c3c(C)cc(OC)c(C)c3OC)n2)c(OC)c1C. The molecule has 0 atom stereocenters. The minimum atomic E-state index is 0.436. The fourth-order valence-corrected chi connectivity index (χ4v) is 5.61. The van der Waals surface area contributed by atoms with Crippen LogP contribution in [0.15, 0.2) is 18.2 Å². The van der Waals surface area contributed by atoms with E-state index in [1.807, 2.05) is 59.7 Å². The molecule has 0 N–H and O–H groups in total. The van der Waals surface area contributed by atoms with E-state index < -0.39 is 0 Å². The zero-order chi connectivity index (χ0) is 30.9. The highest BCUT2D eigenvalue weighted by atomic mass is 16.5. The second-order valence-corrected chi connectivity index (χ2v) is 10.1. The predicted octanol–water partition coefficient (Wildman–Crippen LogP) is 6.77. The van der Waals surface area contributed by atoms with Crippen LogP contribution in [0.3, 0.4) is 0 Å². The third-order valence-corrected chi connectivity index (χ3v) is 7.58. The van der Waals surface area contributed by atoms with Crippen molar-refractivity contribution in [2.24, 2.45) is 0 Å². The molecule has 0 unspecified atom stereocenters. The van der Waals surface area contributed by atoms with E-state index in [-0.39, 0.29) is 0 Å². The van der Waals surface area contributed by atoms with Gasteiger partial charge in [0, 0.05) is 16.7 Å². The molecule has 9 nitrogen and oxygen atoms in total. The molecule has 0 radical (unpaired) electrons. The van der Waals surface area contributed by atoms with Crippen LogP contribution in [-0.4, -0.2) is 57.6 Å². The lowest BCUT2D eigenvalue weighted by atomic mass is 9.99. The molecule has 42 heavy (non-hydrogen) atoms. The molecule has 0 amide bonds. The summed E-state index contributed by atoms with van der Waals surface area (Å²) in [6.45, 7) is 11.8. The third-order valence-electron chi connectivity index (χ3n) is 7.58. The lowest BCUT2D eigenvalue weighted by Gasteiger charge is -2.20. The van der Waals surface area contributed by atoms with Crippen LogP contribution in [0, 0.1) is 41.5 Å². The summed E-state index contributed by atoms with van der Waals surface area (Å²) in [5.41, 5.74) is 7.42. The molecule has 0 aliphatic heterocycles. The number of benzene rings is 3. The van der Waals surface area contributed by atoms with Crippen molar-refractivity contribution in [2.45, 2.75) is 41.5 Å². The van der Waals surface area contributed by atoms with Gasteiger partial charge in [0.05, 0.1) is 59.3 Å². The summed E-state index contributed by atoms with van der Waals surface area (Å²) in [6, 6.07) is 5.89. The molecule has 0 saturated carbocycles. The number of nitrogens with zero attached hydrogens (tertiary/aromatic N) is 3. The van der Waals surface area contributed by atoms with Gasteiger partial charge in [-0.2, -0.15) is 0 Å². The molecule has 222 valence electrons. The van der Waals surface area contributed by atoms with E-state index in [1.54, 1.807) is 42.7 Å². The van der Waals surface area contributed by atoms with Crippen molar-refractivity contribution in [1.82, 2.24) is 15.0 Å². The zero-order valence-electron chi connectivity index (χ0n) is 26.5. The Morgan fingerprint density at radius 2 is 0.810 bits per heavy atom. The van der Waals surface area contributed by atoms with Crippen LogP contribution in [0.2, 0.25) is 0 Å². The van der Waals surface area contributed by atoms with Crippen LogP contribution in [0.5, 0.6) is 34.5 Å². The van der Waals surface area contributed by atoms with Gasteiger partial charge < -0.3 is 28.4 Å². The first-order valence-electron chi connectivity index (χ1n) is 13.5. The standard InChI is InChI=1S/C33H39N3O6/c1-16-14-23(37-7)19(4)29(41-11)25(16)32-34-31(22-13-18(3)27(39-9)21(6)28(22)40-10)35-33(36-32)26-17(2)15-24(38-8)20(5)30(26)42-12/h13-15H,1-12H3. The molecule has 4 rings (SSSR count). The van der Waals surface area contributed by atoms with E-state index in [1.165, 1.54) is 0 Å². The van der Waals surface area contributed by atoms with E-state index in [2.05, 4.69) is 0 Å². The first kappa shape index (κ1) is 30.4. The molecule has 1 aromatic heterocycles. The Morgan fingerprint density at radius 3 is 1.19 bits per heavy atom. The fraction of sp³-hybridized carbons (Fsp3) is 0.364. The van der Waals surface area contributed by atoms with Crippen molar-refractivity contribution in [1.29, 1.82) is 0 Å². The normalized spacial score (nSPS) is 10.9. The molecular weight excluding hydrogens is 534 g/mol. The molecule has 0 saturated heterocycles. The predicted molar refractivity (Wildman–Crippen MR) is 164 cm³/mol. The van der Waals surface area contributed by atoms with Crippen molar-refractivity contribution < 1.29 is 28.4 Å². The quantitative estimate of drug-likeness (QED) is 0.215. The summed E-state index contributed by atoms with van der Waals surface area (Å²) in [7, 11) is 9.82. The number of aryl methyl sites for hydroxylation is 3. The van der Waals surface area contributed by atoms with Crippen LogP contribution in [0.4, 0.5) is 0 Å². The van der Waals surface area contributed by atoms with E-state index in [4.69, 9.17) is 43.4 Å². The lowest BCUT2D eigenvalue weighted by Crippen LogP contribution is -2.07. The Hall–Kier alpha value is -4.53. The zero-order valence-corrected chi connectivity index (χ0v) is 26.5. The van der Waals surface area contributed by atoms with Gasteiger partial charge >= 0.3 is 0 Å². The summed E-state index contributed by atoms with van der Waals surface area (Å²) in [4.78, 5) is 15.1. The summed E-state index contributed by atoms with van der Waals surface area (Å²) in [6.07, 6.45) is 0. The monoisotopic (exact) mass is 573 g/mol. The van der Waals surface area contributed by atoms with E-state index in [9.17, 15) is 0 Å². The molecule has 9 heteroatoms. The smallest absolute Gasteiger partial charge is 0.168 e. The Bertz CT molecular complexity index is 1580. The minimum absolute atomic E-state index is 0.436. The van der Waals surface area contributed by atoms with Gasteiger partial charge in [-0.05, 0) is 76.4 Å². The molecule has 4 aromatic rings. The van der Waals surface area contributed by atoms with Crippen molar-refractivity contribution >= 4 is 0 Å². The average Bonchev–Trinajstić information content (AvgIpc) is 2.98. The summed E-state index contributed by atoms with van der Waals surface area (Å²) in [5, 5.41) is 0. The summed E-state index contributed by atoms with van der Waals surface area (Å²) >= 11 is 0. The summed E-state index contributed by atoms with van der Waals surface area (Å²) < 4.78 is 34.6. The molecule has 0 spiro atoms. The second kappa shape index (κ2) is 12.1. The number of ether oxygens (including phenoxy) is 6. The molecular formula is C33H39N3O6. The first-order chi connectivity index (χ1) is 20.1. The average molecular weight is 574 g/mol. The Labute approximate surface area is 247 Å². The minimum Gasteiger partial charge on any atom is -0.496 e. The highest BCUT2D eigenvalue weighted by Crippen LogP contribution is 2.45. The van der Waals surface area contributed by atoms with Crippen molar-refractivity contribution in [3.05, 3.63) is 51.6 Å². The van der Waals surface area contributed by atoms with Crippen molar-refractivity contribution in [3.8, 4) is 68.7 Å². The topological polar surface area (TPSA) is 94.1 Å². The highest BCUT2D eigenvalue weighted by Gasteiger charge is 2.26. The van der Waals surface area contributed by atoms with Crippen molar-refractivity contribution in [2.75, 3.05) is 42.7 Å². The number of rotatable bonds is 9. The highest BCUT2D eigenvalue weighted by molar-refractivity contribution is 5.80. The fourth-order valence-electron chi connectivity index (χ4n) is 5.61. The summed E-state index contributed by atoms with van der Waals surface area (Å²) in [5.74, 6) is 5.36. The largest absolute Gasteiger partial charge is 0.496 e.